The lowest BCUT2D eigenvalue weighted by Crippen LogP contribution is -2.30. The van der Waals surface area contributed by atoms with Gasteiger partial charge in [-0.1, -0.05) is 51.5 Å². The first-order valence-electron chi connectivity index (χ1n) is 10.4. The summed E-state index contributed by atoms with van der Waals surface area (Å²) in [6, 6.07) is 0. The molecule has 2 heterocycles. The molecule has 0 bridgehead atoms. The fraction of sp³-hybridized carbons (Fsp3) is 0.714. The van der Waals surface area contributed by atoms with E-state index in [-0.39, 0.29) is 18.3 Å². The van der Waals surface area contributed by atoms with E-state index in [1.54, 1.807) is 6.20 Å². The van der Waals surface area contributed by atoms with Gasteiger partial charge in [0.25, 0.3) is 0 Å². The van der Waals surface area contributed by atoms with Crippen LogP contribution in [0.5, 0.6) is 0 Å². The third-order valence-electron chi connectivity index (χ3n) is 5.07. The Labute approximate surface area is 162 Å². The molecular weight excluding hydrogens is 344 g/mol. The van der Waals surface area contributed by atoms with Crippen molar-refractivity contribution in [3.05, 3.63) is 24.0 Å². The maximum absolute atomic E-state index is 11.9. The smallest absolute Gasteiger partial charge is 0.305 e. The number of rotatable bonds is 12. The Kier molecular flexibility index (Phi) is 9.39. The lowest BCUT2D eigenvalue weighted by Gasteiger charge is -2.27. The largest absolute Gasteiger partial charge is 0.463 e. The van der Waals surface area contributed by atoms with Crippen LogP contribution >= 0.6 is 0 Å². The molecule has 152 valence electrons. The molecule has 1 amide bonds. The third kappa shape index (κ3) is 7.75. The van der Waals surface area contributed by atoms with Gasteiger partial charge in [-0.3, -0.25) is 9.59 Å². The number of carbonyl (C=O) groups is 2. The number of carbonyl (C=O) groups excluding carboxylic acids is 2. The van der Waals surface area contributed by atoms with Crippen molar-refractivity contribution in [3.8, 4) is 0 Å². The maximum atomic E-state index is 11.9. The molecule has 0 aromatic heterocycles. The first-order chi connectivity index (χ1) is 13.1. The van der Waals surface area contributed by atoms with Crippen molar-refractivity contribution in [2.75, 3.05) is 6.61 Å². The van der Waals surface area contributed by atoms with Crippen LogP contribution in [0.15, 0.2) is 24.0 Å². The molecule has 2 atom stereocenters. The van der Waals surface area contributed by atoms with E-state index in [4.69, 9.17) is 15.2 Å². The Balaban J connectivity index is 1.58. The molecule has 2 aliphatic heterocycles. The second kappa shape index (κ2) is 11.8. The van der Waals surface area contributed by atoms with Crippen LogP contribution in [-0.2, 0) is 19.1 Å². The zero-order valence-corrected chi connectivity index (χ0v) is 16.5. The molecule has 2 N–H and O–H groups in total. The summed E-state index contributed by atoms with van der Waals surface area (Å²) in [4.78, 5) is 25.1. The number of allylic oxidation sites excluding steroid dienone is 1. The summed E-state index contributed by atoms with van der Waals surface area (Å²) < 4.78 is 11.3. The van der Waals surface area contributed by atoms with Gasteiger partial charge in [-0.15, -0.1) is 0 Å². The number of amides is 1. The summed E-state index contributed by atoms with van der Waals surface area (Å²) in [7, 11) is 0. The summed E-state index contributed by atoms with van der Waals surface area (Å²) in [6.45, 7) is 2.51. The normalized spacial score (nSPS) is 22.0. The highest BCUT2D eigenvalue weighted by molar-refractivity contribution is 5.92. The number of unbranched alkanes of at least 4 members (excludes halogenated alkanes) is 6. The predicted octanol–water partition coefficient (Wildman–Crippen LogP) is 3.76. The number of esters is 1. The van der Waals surface area contributed by atoms with Crippen molar-refractivity contribution in [1.29, 1.82) is 0 Å². The summed E-state index contributed by atoms with van der Waals surface area (Å²) in [5.74, 6) is -0.539. The number of nitrogens with zero attached hydrogens (tertiary/aromatic N) is 1. The zero-order chi connectivity index (χ0) is 19.5. The number of nitrogens with two attached hydrogens (primary N) is 1. The molecule has 0 aromatic carbocycles. The van der Waals surface area contributed by atoms with Gasteiger partial charge in [-0.05, 0) is 25.7 Å². The van der Waals surface area contributed by atoms with E-state index in [0.29, 0.717) is 25.0 Å². The van der Waals surface area contributed by atoms with Crippen LogP contribution < -0.4 is 5.73 Å². The van der Waals surface area contributed by atoms with Crippen molar-refractivity contribution in [1.82, 2.24) is 4.90 Å². The molecule has 0 aromatic rings. The molecular formula is C21H34N2O4. The average Bonchev–Trinajstić information content (AvgIpc) is 3.15. The number of ether oxygens (including phenoxy) is 2. The van der Waals surface area contributed by atoms with E-state index < -0.39 is 5.91 Å². The summed E-state index contributed by atoms with van der Waals surface area (Å²) in [6.07, 6.45) is 16.3. The molecule has 0 saturated carbocycles. The van der Waals surface area contributed by atoms with Gasteiger partial charge in [0.15, 0.2) is 0 Å². The summed E-state index contributed by atoms with van der Waals surface area (Å²) >= 11 is 0. The monoisotopic (exact) mass is 378 g/mol. The lowest BCUT2D eigenvalue weighted by molar-refractivity contribution is -0.148. The Morgan fingerprint density at radius 3 is 2.67 bits per heavy atom. The third-order valence-corrected chi connectivity index (χ3v) is 5.07. The van der Waals surface area contributed by atoms with Crippen molar-refractivity contribution in [2.24, 2.45) is 5.73 Å². The SMILES string of the molecule is CCCCCCCCCC(=O)OC[C@@H]1CC[C@H](N2C=CCC(C(N)=O)=C2)O1. The van der Waals surface area contributed by atoms with Crippen LogP contribution in [0.3, 0.4) is 0 Å². The first kappa shape index (κ1) is 21.5. The Hall–Kier alpha value is -1.82. The Morgan fingerprint density at radius 1 is 1.19 bits per heavy atom. The summed E-state index contributed by atoms with van der Waals surface area (Å²) in [5.41, 5.74) is 5.93. The van der Waals surface area contributed by atoms with Gasteiger partial charge in [-0.2, -0.15) is 0 Å². The highest BCUT2D eigenvalue weighted by atomic mass is 16.6. The fourth-order valence-corrected chi connectivity index (χ4v) is 3.43. The fourth-order valence-electron chi connectivity index (χ4n) is 3.43. The van der Waals surface area contributed by atoms with Gasteiger partial charge in [0.2, 0.25) is 5.91 Å². The minimum absolute atomic E-state index is 0.0891. The van der Waals surface area contributed by atoms with Crippen LogP contribution in [0.1, 0.15) is 77.6 Å². The standard InChI is InChI=1S/C21H34N2O4/c1-2-3-4-5-6-7-8-11-20(24)26-16-18-12-13-19(27-18)23-14-9-10-17(15-23)21(22)25/h9,14-15,18-19H,2-8,10-13,16H2,1H3,(H2,22,25)/t18-,19+/m0/s1. The van der Waals surface area contributed by atoms with Crippen LogP contribution in [0.4, 0.5) is 0 Å². The predicted molar refractivity (Wildman–Crippen MR) is 104 cm³/mol. The molecule has 6 nitrogen and oxygen atoms in total. The van der Waals surface area contributed by atoms with E-state index in [1.807, 2.05) is 17.2 Å². The average molecular weight is 379 g/mol. The molecule has 2 aliphatic rings. The minimum Gasteiger partial charge on any atom is -0.463 e. The van der Waals surface area contributed by atoms with Gasteiger partial charge in [0.05, 0.1) is 6.10 Å². The van der Waals surface area contributed by atoms with Crippen molar-refractivity contribution in [2.45, 2.75) is 89.9 Å². The Bertz CT molecular complexity index is 544. The zero-order valence-electron chi connectivity index (χ0n) is 16.5. The van der Waals surface area contributed by atoms with E-state index in [1.165, 1.54) is 32.1 Å². The van der Waals surface area contributed by atoms with E-state index in [9.17, 15) is 9.59 Å². The number of primary amides is 1. The molecule has 27 heavy (non-hydrogen) atoms. The molecule has 0 unspecified atom stereocenters. The van der Waals surface area contributed by atoms with Crippen molar-refractivity contribution < 1.29 is 19.1 Å². The molecule has 0 radical (unpaired) electrons. The molecule has 0 spiro atoms. The van der Waals surface area contributed by atoms with Crippen LogP contribution in [0.2, 0.25) is 0 Å². The topological polar surface area (TPSA) is 81.9 Å². The van der Waals surface area contributed by atoms with Gasteiger partial charge in [0, 0.05) is 24.4 Å². The van der Waals surface area contributed by atoms with E-state index in [0.717, 1.165) is 25.7 Å². The highest BCUT2D eigenvalue weighted by Crippen LogP contribution is 2.26. The number of hydrogen-bond acceptors (Lipinski definition) is 5. The highest BCUT2D eigenvalue weighted by Gasteiger charge is 2.30. The van der Waals surface area contributed by atoms with Gasteiger partial charge in [0.1, 0.15) is 12.8 Å². The summed E-state index contributed by atoms with van der Waals surface area (Å²) in [5, 5.41) is 0. The van der Waals surface area contributed by atoms with E-state index in [2.05, 4.69) is 6.92 Å². The molecule has 0 aliphatic carbocycles. The maximum Gasteiger partial charge on any atom is 0.305 e. The molecule has 2 rings (SSSR count). The van der Waals surface area contributed by atoms with Crippen LogP contribution in [0.25, 0.3) is 0 Å². The first-order valence-corrected chi connectivity index (χ1v) is 10.4. The van der Waals surface area contributed by atoms with Crippen LogP contribution in [0, 0.1) is 0 Å². The minimum atomic E-state index is -0.404. The van der Waals surface area contributed by atoms with Crippen molar-refractivity contribution in [3.63, 3.8) is 0 Å². The molecule has 1 fully saturated rings. The quantitative estimate of drug-likeness (QED) is 0.413. The second-order valence-corrected chi connectivity index (χ2v) is 7.40. The second-order valence-electron chi connectivity index (χ2n) is 7.40. The van der Waals surface area contributed by atoms with Crippen molar-refractivity contribution >= 4 is 11.9 Å². The van der Waals surface area contributed by atoms with Gasteiger partial charge >= 0.3 is 5.97 Å². The molecule has 6 heteroatoms. The van der Waals surface area contributed by atoms with Crippen LogP contribution in [-0.4, -0.2) is 35.7 Å². The molecule has 1 saturated heterocycles. The number of hydrogen-bond donors (Lipinski definition) is 1. The van der Waals surface area contributed by atoms with Gasteiger partial charge in [-0.25, -0.2) is 0 Å². The Morgan fingerprint density at radius 2 is 1.93 bits per heavy atom. The van der Waals surface area contributed by atoms with E-state index >= 15 is 0 Å². The lowest BCUT2D eigenvalue weighted by atomic mass is 10.1. The van der Waals surface area contributed by atoms with Gasteiger partial charge < -0.3 is 20.1 Å².